The lowest BCUT2D eigenvalue weighted by Crippen LogP contribution is -2.37. The standard InChI is InChI=1S/C19H25N3OS/c1-13(2)16-6-4-15(5-7-16)10-18(23)21-17-8-9-22(11-17)19-20-14(3)12-24-19/h4-7,12-13,17H,8-11H2,1-3H3,(H,21,23)/t17-/m1/s1. The summed E-state index contributed by atoms with van der Waals surface area (Å²) in [7, 11) is 0. The van der Waals surface area contributed by atoms with Gasteiger partial charge in [-0.1, -0.05) is 38.1 Å². The molecule has 1 aromatic carbocycles. The zero-order valence-electron chi connectivity index (χ0n) is 14.6. The van der Waals surface area contributed by atoms with Crippen molar-refractivity contribution in [1.82, 2.24) is 10.3 Å². The van der Waals surface area contributed by atoms with E-state index in [0.717, 1.165) is 35.9 Å². The molecule has 1 amide bonds. The van der Waals surface area contributed by atoms with Crippen LogP contribution in [0.4, 0.5) is 5.13 Å². The van der Waals surface area contributed by atoms with Crippen LogP contribution in [0.15, 0.2) is 29.6 Å². The number of nitrogens with zero attached hydrogens (tertiary/aromatic N) is 2. The van der Waals surface area contributed by atoms with Crippen LogP contribution in [0, 0.1) is 6.92 Å². The van der Waals surface area contributed by atoms with E-state index in [1.165, 1.54) is 5.56 Å². The van der Waals surface area contributed by atoms with Gasteiger partial charge in [0.05, 0.1) is 12.1 Å². The van der Waals surface area contributed by atoms with Gasteiger partial charge in [-0.15, -0.1) is 11.3 Å². The summed E-state index contributed by atoms with van der Waals surface area (Å²) in [4.78, 5) is 19.1. The lowest BCUT2D eigenvalue weighted by molar-refractivity contribution is -0.121. The van der Waals surface area contributed by atoms with Gasteiger partial charge in [-0.3, -0.25) is 4.79 Å². The Morgan fingerprint density at radius 1 is 1.38 bits per heavy atom. The highest BCUT2D eigenvalue weighted by Crippen LogP contribution is 2.24. The molecule has 4 nitrogen and oxygen atoms in total. The third kappa shape index (κ3) is 4.15. The first-order valence-corrected chi connectivity index (χ1v) is 9.44. The fourth-order valence-corrected chi connectivity index (χ4v) is 3.86. The van der Waals surface area contributed by atoms with Crippen LogP contribution in [0.1, 0.15) is 43.0 Å². The summed E-state index contributed by atoms with van der Waals surface area (Å²) in [5.74, 6) is 0.626. The number of rotatable bonds is 5. The number of thiazole rings is 1. The van der Waals surface area contributed by atoms with Crippen LogP contribution in [0.2, 0.25) is 0 Å². The number of carbonyl (C=O) groups excluding carboxylic acids is 1. The molecule has 0 aliphatic carbocycles. The van der Waals surface area contributed by atoms with E-state index >= 15 is 0 Å². The van der Waals surface area contributed by atoms with Crippen LogP contribution in [0.3, 0.4) is 0 Å². The smallest absolute Gasteiger partial charge is 0.224 e. The van der Waals surface area contributed by atoms with Crippen LogP contribution in [-0.4, -0.2) is 30.0 Å². The molecule has 0 spiro atoms. The molecule has 0 bridgehead atoms. The van der Waals surface area contributed by atoms with Crippen molar-refractivity contribution >= 4 is 22.4 Å². The summed E-state index contributed by atoms with van der Waals surface area (Å²) in [6, 6.07) is 8.59. The fourth-order valence-electron chi connectivity index (χ4n) is 3.02. The first kappa shape index (κ1) is 17.0. The van der Waals surface area contributed by atoms with Crippen LogP contribution >= 0.6 is 11.3 Å². The highest BCUT2D eigenvalue weighted by atomic mass is 32.1. The zero-order chi connectivity index (χ0) is 17.1. The molecule has 128 valence electrons. The molecule has 2 heterocycles. The molecule has 3 rings (SSSR count). The van der Waals surface area contributed by atoms with E-state index < -0.39 is 0 Å². The molecule has 1 aromatic heterocycles. The molecule has 2 aromatic rings. The predicted octanol–water partition coefficient (Wildman–Crippen LogP) is 3.51. The molecule has 1 fully saturated rings. The molecule has 0 saturated carbocycles. The number of aryl methyl sites for hydroxylation is 1. The summed E-state index contributed by atoms with van der Waals surface area (Å²) in [6.45, 7) is 8.18. The summed E-state index contributed by atoms with van der Waals surface area (Å²) < 4.78 is 0. The Hall–Kier alpha value is -1.88. The minimum absolute atomic E-state index is 0.106. The Labute approximate surface area is 147 Å². The number of benzene rings is 1. The number of aromatic nitrogens is 1. The van der Waals surface area contributed by atoms with Crippen molar-refractivity contribution in [3.8, 4) is 0 Å². The van der Waals surface area contributed by atoms with Crippen molar-refractivity contribution in [1.29, 1.82) is 0 Å². The molecule has 24 heavy (non-hydrogen) atoms. The molecular formula is C19H25N3OS. The molecule has 0 unspecified atom stereocenters. The van der Waals surface area contributed by atoms with E-state index in [4.69, 9.17) is 0 Å². The molecular weight excluding hydrogens is 318 g/mol. The average Bonchev–Trinajstić information content (AvgIpc) is 3.16. The van der Waals surface area contributed by atoms with Gasteiger partial charge in [0.25, 0.3) is 0 Å². The monoisotopic (exact) mass is 343 g/mol. The molecule has 1 aliphatic heterocycles. The fraction of sp³-hybridized carbons (Fsp3) is 0.474. The summed E-state index contributed by atoms with van der Waals surface area (Å²) in [5, 5.41) is 6.30. The summed E-state index contributed by atoms with van der Waals surface area (Å²) in [6.07, 6.45) is 1.43. The normalized spacial score (nSPS) is 17.5. The number of hydrogen-bond donors (Lipinski definition) is 1. The second-order valence-corrected chi connectivity index (χ2v) is 7.68. The van der Waals surface area contributed by atoms with Gasteiger partial charge in [0.15, 0.2) is 5.13 Å². The van der Waals surface area contributed by atoms with Gasteiger partial charge in [-0.2, -0.15) is 0 Å². The van der Waals surface area contributed by atoms with Gasteiger partial charge < -0.3 is 10.2 Å². The molecule has 1 atom stereocenters. The zero-order valence-corrected chi connectivity index (χ0v) is 15.4. The molecule has 1 saturated heterocycles. The SMILES string of the molecule is Cc1csc(N2CC[C@@H](NC(=O)Cc3ccc(C(C)C)cc3)C2)n1. The largest absolute Gasteiger partial charge is 0.351 e. The number of nitrogens with one attached hydrogen (secondary N) is 1. The van der Waals surface area contributed by atoms with E-state index in [1.807, 2.05) is 6.92 Å². The lowest BCUT2D eigenvalue weighted by atomic mass is 10.0. The van der Waals surface area contributed by atoms with Crippen LogP contribution in [0.5, 0.6) is 0 Å². The maximum absolute atomic E-state index is 12.3. The number of carbonyl (C=O) groups is 1. The topological polar surface area (TPSA) is 45.2 Å². The highest BCUT2D eigenvalue weighted by molar-refractivity contribution is 7.13. The van der Waals surface area contributed by atoms with Crippen molar-refractivity contribution in [3.63, 3.8) is 0 Å². The van der Waals surface area contributed by atoms with Gasteiger partial charge in [0, 0.05) is 24.5 Å². The van der Waals surface area contributed by atoms with Crippen molar-refractivity contribution in [3.05, 3.63) is 46.5 Å². The third-order valence-corrected chi connectivity index (χ3v) is 5.46. The van der Waals surface area contributed by atoms with Crippen LogP contribution < -0.4 is 10.2 Å². The number of anilines is 1. The Balaban J connectivity index is 1.50. The predicted molar refractivity (Wildman–Crippen MR) is 99.8 cm³/mol. The van der Waals surface area contributed by atoms with E-state index in [-0.39, 0.29) is 11.9 Å². The quantitative estimate of drug-likeness (QED) is 0.903. The highest BCUT2D eigenvalue weighted by Gasteiger charge is 2.25. The van der Waals surface area contributed by atoms with Gasteiger partial charge in [0.2, 0.25) is 5.91 Å². The van der Waals surface area contributed by atoms with E-state index in [9.17, 15) is 4.79 Å². The average molecular weight is 343 g/mol. The lowest BCUT2D eigenvalue weighted by Gasteiger charge is -2.16. The van der Waals surface area contributed by atoms with Crippen molar-refractivity contribution in [2.24, 2.45) is 0 Å². The van der Waals surface area contributed by atoms with Crippen molar-refractivity contribution in [2.75, 3.05) is 18.0 Å². The molecule has 1 N–H and O–H groups in total. The first-order chi connectivity index (χ1) is 11.5. The summed E-state index contributed by atoms with van der Waals surface area (Å²) >= 11 is 1.68. The van der Waals surface area contributed by atoms with Gasteiger partial charge in [-0.25, -0.2) is 4.98 Å². The van der Waals surface area contributed by atoms with Crippen molar-refractivity contribution in [2.45, 2.75) is 45.6 Å². The maximum Gasteiger partial charge on any atom is 0.224 e. The van der Waals surface area contributed by atoms with Crippen LogP contribution in [-0.2, 0) is 11.2 Å². The van der Waals surface area contributed by atoms with E-state index in [1.54, 1.807) is 11.3 Å². The molecule has 1 aliphatic rings. The Kier molecular flexibility index (Phi) is 5.19. The first-order valence-electron chi connectivity index (χ1n) is 8.56. The van der Waals surface area contributed by atoms with Crippen LogP contribution in [0.25, 0.3) is 0 Å². The number of hydrogen-bond acceptors (Lipinski definition) is 4. The van der Waals surface area contributed by atoms with Gasteiger partial charge in [-0.05, 0) is 30.4 Å². The minimum Gasteiger partial charge on any atom is -0.351 e. The Bertz CT molecular complexity index is 693. The Morgan fingerprint density at radius 2 is 2.12 bits per heavy atom. The second-order valence-electron chi connectivity index (χ2n) is 6.84. The van der Waals surface area contributed by atoms with Gasteiger partial charge >= 0.3 is 0 Å². The minimum atomic E-state index is 0.106. The Morgan fingerprint density at radius 3 is 2.75 bits per heavy atom. The van der Waals surface area contributed by atoms with Crippen molar-refractivity contribution < 1.29 is 4.79 Å². The maximum atomic E-state index is 12.3. The van der Waals surface area contributed by atoms with E-state index in [0.29, 0.717) is 12.3 Å². The van der Waals surface area contributed by atoms with E-state index in [2.05, 4.69) is 58.7 Å². The second kappa shape index (κ2) is 7.34. The number of amides is 1. The van der Waals surface area contributed by atoms with Gasteiger partial charge in [0.1, 0.15) is 0 Å². The third-order valence-electron chi connectivity index (χ3n) is 4.44. The molecule has 5 heteroatoms. The summed E-state index contributed by atoms with van der Waals surface area (Å²) in [5.41, 5.74) is 3.44. The molecule has 0 radical (unpaired) electrons.